The van der Waals surface area contributed by atoms with Gasteiger partial charge in [0, 0.05) is 13.1 Å². The monoisotopic (exact) mass is 167 g/mol. The predicted molar refractivity (Wildman–Crippen MR) is 36.0 cm³/mol. The van der Waals surface area contributed by atoms with Crippen molar-refractivity contribution in [2.45, 2.75) is 19.0 Å². The molecule has 0 aromatic rings. The van der Waals surface area contributed by atoms with Crippen LogP contribution in [0, 0.1) is 0 Å². The lowest BCUT2D eigenvalue weighted by molar-refractivity contribution is 0.206. The number of thiol groups is 1. The molecular weight excluding hydrogens is 157 g/mol. The number of hydrogen-bond acceptors (Lipinski definition) is 2. The lowest BCUT2D eigenvalue weighted by Gasteiger charge is -2.22. The van der Waals surface area contributed by atoms with Gasteiger partial charge in [0.25, 0.3) is 0 Å². The van der Waals surface area contributed by atoms with Crippen LogP contribution in [0.4, 0.5) is 4.39 Å². The van der Waals surface area contributed by atoms with E-state index in [9.17, 15) is 12.8 Å². The first-order valence-corrected chi connectivity index (χ1v) is 4.36. The first kappa shape index (κ1) is 7.94. The van der Waals surface area contributed by atoms with Crippen molar-refractivity contribution < 1.29 is 12.8 Å². The molecule has 60 valence electrons. The zero-order valence-corrected chi connectivity index (χ0v) is 6.39. The van der Waals surface area contributed by atoms with Crippen molar-refractivity contribution in [2.24, 2.45) is 0 Å². The first-order chi connectivity index (χ1) is 4.70. The van der Waals surface area contributed by atoms with E-state index in [1.165, 1.54) is 0 Å². The molecule has 1 atom stereocenters. The third kappa shape index (κ3) is 1.91. The molecule has 1 aliphatic heterocycles. The Balaban J connectivity index is 2.47. The van der Waals surface area contributed by atoms with E-state index in [1.807, 2.05) is 0 Å². The first-order valence-electron chi connectivity index (χ1n) is 3.23. The van der Waals surface area contributed by atoms with Crippen molar-refractivity contribution in [1.82, 2.24) is 4.31 Å². The van der Waals surface area contributed by atoms with E-state index in [0.717, 1.165) is 4.31 Å². The minimum absolute atomic E-state index is 0.0543. The summed E-state index contributed by atoms with van der Waals surface area (Å²) in [6.45, 7) is 0.540. The number of nitrogens with zero attached hydrogens (tertiary/aromatic N) is 1. The highest BCUT2D eigenvalue weighted by atomic mass is 32.2. The second kappa shape index (κ2) is 3.30. The fourth-order valence-corrected chi connectivity index (χ4v) is 1.67. The van der Waals surface area contributed by atoms with Gasteiger partial charge in [-0.1, -0.05) is 0 Å². The third-order valence-electron chi connectivity index (χ3n) is 1.57. The second-order valence-electron chi connectivity index (χ2n) is 2.39. The van der Waals surface area contributed by atoms with E-state index >= 15 is 0 Å². The van der Waals surface area contributed by atoms with Gasteiger partial charge in [-0.2, -0.15) is 0 Å². The molecule has 5 heteroatoms. The fraction of sp³-hybridized carbons (Fsp3) is 1.00. The molecule has 0 radical (unpaired) electrons. The number of hydrogen-bond donors (Lipinski definition) is 1. The summed E-state index contributed by atoms with van der Waals surface area (Å²) in [5.41, 5.74) is 0. The minimum atomic E-state index is -2.55. The minimum Gasteiger partial charge on any atom is -0.246 e. The highest BCUT2D eigenvalue weighted by Crippen LogP contribution is 2.11. The summed E-state index contributed by atoms with van der Waals surface area (Å²) in [5, 5.41) is 0. The molecule has 10 heavy (non-hydrogen) atoms. The van der Waals surface area contributed by atoms with Gasteiger partial charge in [0.2, 0.25) is 10.9 Å². The fourth-order valence-electron chi connectivity index (χ4n) is 1.05. The molecule has 0 bridgehead atoms. The van der Waals surface area contributed by atoms with Crippen molar-refractivity contribution in [3.8, 4) is 0 Å². The molecule has 1 fully saturated rings. The maximum Gasteiger partial charge on any atom is 0.204 e. The Kier molecular flexibility index (Phi) is 2.62. The van der Waals surface area contributed by atoms with E-state index in [2.05, 4.69) is 0 Å². The SMILES string of the molecule is O=[SH](=O)N1CCCC(F)C1. The molecule has 1 unspecified atom stereocenters. The molecule has 1 saturated heterocycles. The molecule has 0 spiro atoms. The Morgan fingerprint density at radius 2 is 2.20 bits per heavy atom. The van der Waals surface area contributed by atoms with Crippen LogP contribution in [-0.2, 0) is 10.9 Å². The van der Waals surface area contributed by atoms with Gasteiger partial charge in [0.15, 0.2) is 0 Å². The standard InChI is InChI=1S/C5H10FNO2S/c6-5-2-1-3-7(4-5)10(8)9/h5,10H,1-4H2. The average molecular weight is 167 g/mol. The summed E-state index contributed by atoms with van der Waals surface area (Å²) in [7, 11) is -2.55. The topological polar surface area (TPSA) is 37.4 Å². The summed E-state index contributed by atoms with van der Waals surface area (Å²) in [4.78, 5) is 0. The van der Waals surface area contributed by atoms with Crippen LogP contribution in [0.25, 0.3) is 0 Å². The van der Waals surface area contributed by atoms with Crippen LogP contribution in [-0.4, -0.2) is 32.0 Å². The zero-order chi connectivity index (χ0) is 7.56. The van der Waals surface area contributed by atoms with E-state index in [4.69, 9.17) is 0 Å². The second-order valence-corrected chi connectivity index (χ2v) is 3.43. The lowest BCUT2D eigenvalue weighted by atomic mass is 10.1. The van der Waals surface area contributed by atoms with E-state index in [-0.39, 0.29) is 6.54 Å². The summed E-state index contributed by atoms with van der Waals surface area (Å²) in [6.07, 6.45) is 0.186. The van der Waals surface area contributed by atoms with E-state index < -0.39 is 17.1 Å². The van der Waals surface area contributed by atoms with Crippen molar-refractivity contribution in [2.75, 3.05) is 13.1 Å². The maximum atomic E-state index is 12.5. The molecule has 0 amide bonds. The number of halogens is 1. The van der Waals surface area contributed by atoms with Crippen molar-refractivity contribution in [3.05, 3.63) is 0 Å². The maximum absolute atomic E-state index is 12.5. The molecule has 0 saturated carbocycles. The van der Waals surface area contributed by atoms with Crippen LogP contribution in [0.2, 0.25) is 0 Å². The average Bonchev–Trinajstić information content (AvgIpc) is 1.88. The van der Waals surface area contributed by atoms with Crippen LogP contribution in [0.1, 0.15) is 12.8 Å². The highest BCUT2D eigenvalue weighted by molar-refractivity contribution is 7.69. The zero-order valence-electron chi connectivity index (χ0n) is 5.49. The van der Waals surface area contributed by atoms with Gasteiger partial charge in [0.1, 0.15) is 6.17 Å². The van der Waals surface area contributed by atoms with Crippen molar-refractivity contribution in [1.29, 1.82) is 0 Å². The summed E-state index contributed by atoms with van der Waals surface area (Å²) in [6, 6.07) is 0. The Hall–Kier alpha value is -0.160. The number of rotatable bonds is 1. The van der Waals surface area contributed by atoms with Crippen LogP contribution in [0.3, 0.4) is 0 Å². The number of piperidine rings is 1. The van der Waals surface area contributed by atoms with Gasteiger partial charge in [0.05, 0.1) is 0 Å². The van der Waals surface area contributed by atoms with Gasteiger partial charge < -0.3 is 0 Å². The molecular formula is C5H10FNO2S. The number of alkyl halides is 1. The Bertz CT molecular complexity index is 174. The van der Waals surface area contributed by atoms with Gasteiger partial charge in [-0.3, -0.25) is 0 Å². The summed E-state index contributed by atoms with van der Waals surface area (Å²) in [5.74, 6) is 0. The Labute approximate surface area is 60.9 Å². The normalized spacial score (nSPS) is 29.2. The molecule has 3 nitrogen and oxygen atoms in total. The Morgan fingerprint density at radius 1 is 1.50 bits per heavy atom. The highest BCUT2D eigenvalue weighted by Gasteiger charge is 2.19. The van der Waals surface area contributed by atoms with Crippen LogP contribution < -0.4 is 0 Å². The summed E-state index contributed by atoms with van der Waals surface area (Å²) < 4.78 is 34.2. The molecule has 0 N–H and O–H groups in total. The molecule has 1 rings (SSSR count). The van der Waals surface area contributed by atoms with Gasteiger partial charge in [-0.05, 0) is 12.8 Å². The Morgan fingerprint density at radius 3 is 2.60 bits per heavy atom. The smallest absolute Gasteiger partial charge is 0.204 e. The molecule has 0 aliphatic carbocycles. The van der Waals surface area contributed by atoms with Crippen LogP contribution in [0.5, 0.6) is 0 Å². The van der Waals surface area contributed by atoms with Gasteiger partial charge in [-0.25, -0.2) is 17.1 Å². The third-order valence-corrected chi connectivity index (χ3v) is 2.40. The van der Waals surface area contributed by atoms with Crippen LogP contribution in [0.15, 0.2) is 0 Å². The quantitative estimate of drug-likeness (QED) is 0.556. The largest absolute Gasteiger partial charge is 0.246 e. The summed E-state index contributed by atoms with van der Waals surface area (Å²) >= 11 is 0. The van der Waals surface area contributed by atoms with Gasteiger partial charge in [-0.15, -0.1) is 0 Å². The van der Waals surface area contributed by atoms with E-state index in [1.54, 1.807) is 0 Å². The molecule has 0 aromatic heterocycles. The lowest BCUT2D eigenvalue weighted by Crippen LogP contribution is -2.34. The molecule has 0 aromatic carbocycles. The predicted octanol–water partition coefficient (Wildman–Crippen LogP) is -0.0533. The van der Waals surface area contributed by atoms with Crippen molar-refractivity contribution >= 4 is 10.9 Å². The van der Waals surface area contributed by atoms with Gasteiger partial charge >= 0.3 is 0 Å². The molecule has 1 heterocycles. The molecule has 1 aliphatic rings. The van der Waals surface area contributed by atoms with Crippen molar-refractivity contribution in [3.63, 3.8) is 0 Å². The van der Waals surface area contributed by atoms with Crippen LogP contribution >= 0.6 is 0 Å². The van der Waals surface area contributed by atoms with E-state index in [0.29, 0.717) is 19.4 Å².